The lowest BCUT2D eigenvalue weighted by Crippen LogP contribution is -2.15. The Kier molecular flexibility index (Phi) is 6.73. The Balaban J connectivity index is 1.19. The number of aromatic nitrogens is 3. The van der Waals surface area contributed by atoms with Crippen molar-refractivity contribution in [1.82, 2.24) is 15.0 Å². The zero-order chi connectivity index (χ0) is 34.2. The summed E-state index contributed by atoms with van der Waals surface area (Å²) in [7, 11) is 0. The van der Waals surface area contributed by atoms with Crippen molar-refractivity contribution in [3.05, 3.63) is 158 Å². The minimum atomic E-state index is 0.570. The molecule has 11 aromatic rings. The maximum absolute atomic E-state index is 5.33. The average Bonchev–Trinajstić information content (AvgIpc) is 3.89. The lowest BCUT2D eigenvalue weighted by molar-refractivity contribution is 1.03. The molecule has 7 heteroatoms. The lowest BCUT2D eigenvalue weighted by Gasteiger charge is -2.25. The van der Waals surface area contributed by atoms with Crippen molar-refractivity contribution in [2.45, 2.75) is 0 Å². The third kappa shape index (κ3) is 4.74. The van der Waals surface area contributed by atoms with Gasteiger partial charge in [-0.1, -0.05) is 91.0 Å². The summed E-state index contributed by atoms with van der Waals surface area (Å²) >= 11 is 5.43. The molecule has 0 saturated carbocycles. The van der Waals surface area contributed by atoms with Crippen molar-refractivity contribution in [2.24, 2.45) is 0 Å². The molecule has 4 heterocycles. The number of rotatable bonds is 5. The predicted octanol–water partition coefficient (Wildman–Crippen LogP) is 13.8. The number of hydrogen-bond donors (Lipinski definition) is 0. The molecule has 11 rings (SSSR count). The number of hydrogen-bond acceptors (Lipinski definition) is 7. The van der Waals surface area contributed by atoms with Gasteiger partial charge in [0.2, 0.25) is 5.95 Å². The van der Waals surface area contributed by atoms with Crippen LogP contribution >= 0.6 is 34.0 Å². The molecule has 244 valence electrons. The number of fused-ring (bicyclic) bond motifs is 9. The maximum Gasteiger partial charge on any atom is 0.238 e. The normalized spacial score (nSPS) is 11.8. The van der Waals surface area contributed by atoms with E-state index in [0.717, 1.165) is 22.5 Å². The van der Waals surface area contributed by atoms with Gasteiger partial charge in [0.05, 0.1) is 5.69 Å². The molecule has 0 aliphatic rings. The van der Waals surface area contributed by atoms with Crippen LogP contribution in [-0.4, -0.2) is 15.0 Å². The van der Waals surface area contributed by atoms with E-state index in [1.54, 1.807) is 11.3 Å². The Morgan fingerprint density at radius 2 is 0.904 bits per heavy atom. The minimum Gasteiger partial charge on any atom is -0.278 e. The van der Waals surface area contributed by atoms with Crippen LogP contribution in [0.25, 0.3) is 83.3 Å². The molecule has 0 atom stereocenters. The first kappa shape index (κ1) is 29.7. The minimum absolute atomic E-state index is 0.570. The van der Waals surface area contributed by atoms with E-state index >= 15 is 0 Å². The lowest BCUT2D eigenvalue weighted by atomic mass is 10.1. The second-order valence-electron chi connectivity index (χ2n) is 12.8. The first-order valence-corrected chi connectivity index (χ1v) is 19.5. The van der Waals surface area contributed by atoms with Crippen LogP contribution in [0.15, 0.2) is 158 Å². The molecular formula is C45H26N4S3. The van der Waals surface area contributed by atoms with Crippen molar-refractivity contribution in [3.8, 4) is 22.8 Å². The fourth-order valence-electron chi connectivity index (χ4n) is 7.33. The van der Waals surface area contributed by atoms with Crippen LogP contribution in [0.4, 0.5) is 17.3 Å². The largest absolute Gasteiger partial charge is 0.278 e. The van der Waals surface area contributed by atoms with Gasteiger partial charge in [-0.05, 0) is 66.7 Å². The van der Waals surface area contributed by atoms with Crippen molar-refractivity contribution < 1.29 is 0 Å². The summed E-state index contributed by atoms with van der Waals surface area (Å²) in [6, 6.07) is 56.0. The topological polar surface area (TPSA) is 41.9 Å². The standard InChI is InChI=1S/C45H26N4S3/c1-2-11-29(12-3-1)49(35-16-10-20-40-42(35)33-15-6-9-19-38(33)51-40)45-47-43(27-22-24-39-34(25-27)31-14-5-8-18-37(31)50-39)46-44(48-45)28-21-23-32-30-13-4-7-17-36(30)52-41(32)26-28/h1-26H. The highest BCUT2D eigenvalue weighted by molar-refractivity contribution is 7.26. The molecular weight excluding hydrogens is 693 g/mol. The van der Waals surface area contributed by atoms with E-state index in [1.165, 1.54) is 60.5 Å². The SMILES string of the molecule is c1ccc(N(c2nc(-c3ccc4c(c3)sc3ccccc34)nc(-c3ccc4sc5ccccc5c4c3)n2)c2cccc3sc4ccccc4c23)cc1. The summed E-state index contributed by atoms with van der Waals surface area (Å²) in [5.41, 5.74) is 3.92. The van der Waals surface area contributed by atoms with Crippen LogP contribution < -0.4 is 4.90 Å². The second kappa shape index (κ2) is 11.8. The average molecular weight is 719 g/mol. The van der Waals surface area contributed by atoms with E-state index in [4.69, 9.17) is 15.0 Å². The fourth-order valence-corrected chi connectivity index (χ4v) is 10.7. The van der Waals surface area contributed by atoms with Gasteiger partial charge in [-0.3, -0.25) is 4.90 Å². The van der Waals surface area contributed by atoms with Gasteiger partial charge in [-0.25, -0.2) is 4.98 Å². The van der Waals surface area contributed by atoms with Crippen molar-refractivity contribution in [2.75, 3.05) is 4.90 Å². The van der Waals surface area contributed by atoms with Crippen LogP contribution in [0.1, 0.15) is 0 Å². The van der Waals surface area contributed by atoms with Gasteiger partial charge in [-0.15, -0.1) is 34.0 Å². The third-order valence-electron chi connectivity index (χ3n) is 9.73. The molecule has 0 amide bonds. The van der Waals surface area contributed by atoms with Gasteiger partial charge in [0.15, 0.2) is 11.6 Å². The number of para-hydroxylation sites is 1. The van der Waals surface area contributed by atoms with E-state index in [-0.39, 0.29) is 0 Å². The zero-order valence-corrected chi connectivity index (χ0v) is 30.0. The van der Waals surface area contributed by atoms with Crippen molar-refractivity contribution in [1.29, 1.82) is 0 Å². The van der Waals surface area contributed by atoms with E-state index in [0.29, 0.717) is 17.6 Å². The van der Waals surface area contributed by atoms with Gasteiger partial charge < -0.3 is 0 Å². The quantitative estimate of drug-likeness (QED) is 0.178. The first-order valence-electron chi connectivity index (χ1n) is 17.1. The van der Waals surface area contributed by atoms with E-state index < -0.39 is 0 Å². The summed E-state index contributed by atoms with van der Waals surface area (Å²) in [5, 5.41) is 7.38. The molecule has 0 N–H and O–H groups in total. The van der Waals surface area contributed by atoms with E-state index in [1.807, 2.05) is 28.7 Å². The van der Waals surface area contributed by atoms with E-state index in [2.05, 4.69) is 157 Å². The summed E-state index contributed by atoms with van der Waals surface area (Å²) in [4.78, 5) is 18.1. The van der Waals surface area contributed by atoms with Crippen LogP contribution in [0.5, 0.6) is 0 Å². The Morgan fingerprint density at radius 1 is 0.365 bits per heavy atom. The molecule has 4 aromatic heterocycles. The monoisotopic (exact) mass is 718 g/mol. The molecule has 0 spiro atoms. The van der Waals surface area contributed by atoms with Crippen LogP contribution in [0, 0.1) is 0 Å². The Bertz CT molecular complexity index is 3160. The summed E-state index contributed by atoms with van der Waals surface area (Å²) in [6.45, 7) is 0. The maximum atomic E-state index is 5.33. The highest BCUT2D eigenvalue weighted by atomic mass is 32.1. The fraction of sp³-hybridized carbons (Fsp3) is 0. The van der Waals surface area contributed by atoms with Crippen molar-refractivity contribution in [3.63, 3.8) is 0 Å². The zero-order valence-electron chi connectivity index (χ0n) is 27.5. The van der Waals surface area contributed by atoms with Crippen molar-refractivity contribution >= 4 is 112 Å². The van der Waals surface area contributed by atoms with Crippen LogP contribution in [0.3, 0.4) is 0 Å². The Hall–Kier alpha value is -5.99. The molecule has 0 aliphatic heterocycles. The van der Waals surface area contributed by atoms with Gasteiger partial charge >= 0.3 is 0 Å². The summed E-state index contributed by atoms with van der Waals surface area (Å²) in [5.74, 6) is 1.84. The summed E-state index contributed by atoms with van der Waals surface area (Å²) in [6.07, 6.45) is 0. The number of benzene rings is 7. The first-order chi connectivity index (χ1) is 25.7. The Morgan fingerprint density at radius 3 is 1.67 bits per heavy atom. The van der Waals surface area contributed by atoms with E-state index in [9.17, 15) is 0 Å². The highest BCUT2D eigenvalue weighted by Gasteiger charge is 2.23. The highest BCUT2D eigenvalue weighted by Crippen LogP contribution is 2.45. The molecule has 0 fully saturated rings. The predicted molar refractivity (Wildman–Crippen MR) is 224 cm³/mol. The van der Waals surface area contributed by atoms with Crippen LogP contribution in [-0.2, 0) is 0 Å². The van der Waals surface area contributed by atoms with Gasteiger partial charge in [-0.2, -0.15) is 9.97 Å². The molecule has 0 saturated heterocycles. The molecule has 0 radical (unpaired) electrons. The van der Waals surface area contributed by atoms with Gasteiger partial charge in [0.1, 0.15) is 0 Å². The van der Waals surface area contributed by atoms with Gasteiger partial charge in [0, 0.05) is 77.3 Å². The summed E-state index contributed by atoms with van der Waals surface area (Å²) < 4.78 is 7.48. The molecule has 52 heavy (non-hydrogen) atoms. The Labute approximate surface area is 310 Å². The molecule has 0 bridgehead atoms. The molecule has 0 unspecified atom stereocenters. The number of nitrogens with zero attached hydrogens (tertiary/aromatic N) is 4. The number of anilines is 3. The molecule has 4 nitrogen and oxygen atoms in total. The van der Waals surface area contributed by atoms with Crippen LogP contribution in [0.2, 0.25) is 0 Å². The molecule has 7 aromatic carbocycles. The smallest absolute Gasteiger partial charge is 0.238 e. The second-order valence-corrected chi connectivity index (χ2v) is 16.1. The molecule has 0 aliphatic carbocycles. The van der Waals surface area contributed by atoms with Gasteiger partial charge in [0.25, 0.3) is 0 Å². The third-order valence-corrected chi connectivity index (χ3v) is 13.2. The number of thiophene rings is 3.